The number of hydrogen-bond acceptors (Lipinski definition) is 7. The number of non-ortho nitro benzene ring substituents is 1. The van der Waals surface area contributed by atoms with Gasteiger partial charge in [0.25, 0.3) is 11.6 Å². The maximum atomic E-state index is 12.6. The molecule has 9 heteroatoms. The molecule has 2 aromatic rings. The number of thiophene rings is 1. The molecule has 1 N–H and O–H groups in total. The summed E-state index contributed by atoms with van der Waals surface area (Å²) in [5, 5.41) is 34.4. The number of carboxylic acid groups (broad SMARTS) is 1. The lowest BCUT2D eigenvalue weighted by Crippen LogP contribution is -2.26. The van der Waals surface area contributed by atoms with E-state index >= 15 is 0 Å². The first-order valence-corrected chi connectivity index (χ1v) is 8.59. The minimum atomic E-state index is -1.61. The van der Waals surface area contributed by atoms with Crippen molar-refractivity contribution in [3.05, 3.63) is 55.4 Å². The average Bonchev–Trinajstić information content (AvgIpc) is 2.97. The molecule has 0 radical (unpaired) electrons. The first-order valence-electron chi connectivity index (χ1n) is 7.78. The van der Waals surface area contributed by atoms with Crippen molar-refractivity contribution in [1.82, 2.24) is 0 Å². The topological polar surface area (TPSA) is 136 Å². The van der Waals surface area contributed by atoms with Crippen molar-refractivity contribution < 1.29 is 19.6 Å². The van der Waals surface area contributed by atoms with Gasteiger partial charge in [-0.15, -0.1) is 11.3 Å². The van der Waals surface area contributed by atoms with Gasteiger partial charge in [-0.3, -0.25) is 14.9 Å². The Balaban J connectivity index is 2.00. The maximum absolute atomic E-state index is 12.6. The van der Waals surface area contributed by atoms with E-state index in [4.69, 9.17) is 0 Å². The summed E-state index contributed by atoms with van der Waals surface area (Å²) < 4.78 is 0. The molecule has 3 rings (SSSR count). The largest absolute Gasteiger partial charge is 0.545 e. The molecule has 1 heterocycles. The van der Waals surface area contributed by atoms with Crippen LogP contribution in [0.3, 0.4) is 0 Å². The standard InChI is InChI=1S/C17H13N3O5S/c18-8-13-10-3-1-2-4-14(10)26-16(13)19-15(21)12-7-9(20(24)25)5-6-11(12)17(22)23/h5-7H,1-4H2,(H,19,21)(H,22,23)/p-1. The number of nitriles is 1. The van der Waals surface area contributed by atoms with Crippen molar-refractivity contribution in [2.24, 2.45) is 0 Å². The molecule has 0 unspecified atom stereocenters. The quantitative estimate of drug-likeness (QED) is 0.646. The number of nitrogens with one attached hydrogen (secondary N) is 1. The molecule has 0 fully saturated rings. The van der Waals surface area contributed by atoms with Gasteiger partial charge < -0.3 is 15.2 Å². The SMILES string of the molecule is N#Cc1c(NC(=O)c2cc([N+](=O)[O-])ccc2C(=O)[O-])sc2c1CCCC2. The molecule has 0 bridgehead atoms. The van der Waals surface area contributed by atoms with Gasteiger partial charge in [-0.1, -0.05) is 0 Å². The van der Waals surface area contributed by atoms with Crippen molar-refractivity contribution in [2.45, 2.75) is 25.7 Å². The van der Waals surface area contributed by atoms with Gasteiger partial charge in [0.1, 0.15) is 11.1 Å². The Morgan fingerprint density at radius 2 is 1.96 bits per heavy atom. The lowest BCUT2D eigenvalue weighted by Gasteiger charge is -2.10. The van der Waals surface area contributed by atoms with Crippen LogP contribution < -0.4 is 10.4 Å². The third-order valence-electron chi connectivity index (χ3n) is 4.19. The van der Waals surface area contributed by atoms with E-state index in [1.165, 1.54) is 11.3 Å². The molecule has 8 nitrogen and oxygen atoms in total. The Morgan fingerprint density at radius 1 is 1.23 bits per heavy atom. The van der Waals surface area contributed by atoms with Gasteiger partial charge in [-0.05, 0) is 37.3 Å². The second-order valence-corrected chi connectivity index (χ2v) is 6.86. The predicted octanol–water partition coefficient (Wildman–Crippen LogP) is 2.02. The van der Waals surface area contributed by atoms with E-state index in [0.717, 1.165) is 54.3 Å². The monoisotopic (exact) mass is 370 g/mol. The minimum absolute atomic E-state index is 0.334. The summed E-state index contributed by atoms with van der Waals surface area (Å²) in [6, 6.07) is 4.93. The number of carboxylic acids is 1. The first-order chi connectivity index (χ1) is 12.4. The average molecular weight is 370 g/mol. The summed E-state index contributed by atoms with van der Waals surface area (Å²) in [6.45, 7) is 0. The van der Waals surface area contributed by atoms with Crippen LogP contribution in [0.2, 0.25) is 0 Å². The van der Waals surface area contributed by atoms with Crippen LogP contribution >= 0.6 is 11.3 Å². The van der Waals surface area contributed by atoms with Crippen LogP contribution in [0.1, 0.15) is 49.6 Å². The summed E-state index contributed by atoms with van der Waals surface area (Å²) in [5.41, 5.74) is 0.0465. The van der Waals surface area contributed by atoms with Gasteiger partial charge in [0.2, 0.25) is 0 Å². The number of nitro groups is 1. The third-order valence-corrected chi connectivity index (χ3v) is 5.40. The van der Waals surface area contributed by atoms with Gasteiger partial charge >= 0.3 is 0 Å². The van der Waals surface area contributed by atoms with Crippen LogP contribution in [-0.2, 0) is 12.8 Å². The number of anilines is 1. The normalized spacial score (nSPS) is 12.7. The number of carbonyl (C=O) groups is 2. The van der Waals surface area contributed by atoms with Crippen LogP contribution in [0.25, 0.3) is 0 Å². The van der Waals surface area contributed by atoms with Crippen molar-refractivity contribution in [3.63, 3.8) is 0 Å². The zero-order valence-corrected chi connectivity index (χ0v) is 14.2. The minimum Gasteiger partial charge on any atom is -0.545 e. The fraction of sp³-hybridized carbons (Fsp3) is 0.235. The Hall–Kier alpha value is -3.25. The highest BCUT2D eigenvalue weighted by Gasteiger charge is 2.24. The lowest BCUT2D eigenvalue weighted by molar-refractivity contribution is -0.384. The van der Waals surface area contributed by atoms with Crippen molar-refractivity contribution >= 4 is 33.9 Å². The van der Waals surface area contributed by atoms with E-state index in [1.54, 1.807) is 0 Å². The Labute approximate surface area is 151 Å². The fourth-order valence-corrected chi connectivity index (χ4v) is 4.19. The summed E-state index contributed by atoms with van der Waals surface area (Å²) in [7, 11) is 0. The zero-order chi connectivity index (χ0) is 18.8. The highest BCUT2D eigenvalue weighted by molar-refractivity contribution is 7.16. The second-order valence-electron chi connectivity index (χ2n) is 5.76. The lowest BCUT2D eigenvalue weighted by atomic mass is 9.96. The summed E-state index contributed by atoms with van der Waals surface area (Å²) in [6.07, 6.45) is 3.55. The van der Waals surface area contributed by atoms with Crippen molar-refractivity contribution in [3.8, 4) is 6.07 Å². The molecular formula is C17H12N3O5S-. The number of aromatic carboxylic acids is 1. The number of carbonyl (C=O) groups excluding carboxylic acids is 2. The molecule has 132 valence electrons. The second kappa shape index (κ2) is 6.93. The van der Waals surface area contributed by atoms with Crippen LogP contribution in [-0.4, -0.2) is 16.8 Å². The van der Waals surface area contributed by atoms with Gasteiger partial charge in [0.15, 0.2) is 0 Å². The maximum Gasteiger partial charge on any atom is 0.270 e. The van der Waals surface area contributed by atoms with Gasteiger partial charge in [-0.25, -0.2) is 0 Å². The van der Waals surface area contributed by atoms with Crippen molar-refractivity contribution in [2.75, 3.05) is 5.32 Å². The van der Waals surface area contributed by atoms with E-state index in [9.17, 15) is 30.1 Å². The Kier molecular flexibility index (Phi) is 4.69. The predicted molar refractivity (Wildman–Crippen MR) is 91.1 cm³/mol. The first kappa shape index (κ1) is 17.6. The molecule has 0 atom stereocenters. The molecule has 0 saturated heterocycles. The number of nitrogens with zero attached hydrogens (tertiary/aromatic N) is 2. The van der Waals surface area contributed by atoms with Gasteiger partial charge in [0.05, 0.1) is 22.0 Å². The number of hydrogen-bond donors (Lipinski definition) is 1. The van der Waals surface area contributed by atoms with E-state index < -0.39 is 28.1 Å². The van der Waals surface area contributed by atoms with E-state index in [2.05, 4.69) is 11.4 Å². The number of rotatable bonds is 4. The summed E-state index contributed by atoms with van der Waals surface area (Å²) >= 11 is 1.28. The molecule has 1 aliphatic carbocycles. The van der Waals surface area contributed by atoms with E-state index in [1.807, 2.05) is 0 Å². The molecule has 1 aliphatic rings. The number of fused-ring (bicyclic) bond motifs is 1. The van der Waals surface area contributed by atoms with Crippen LogP contribution in [0.5, 0.6) is 0 Å². The zero-order valence-electron chi connectivity index (χ0n) is 13.4. The molecule has 0 saturated carbocycles. The van der Waals surface area contributed by atoms with Crippen LogP contribution in [0.4, 0.5) is 10.7 Å². The van der Waals surface area contributed by atoms with Crippen LogP contribution in [0.15, 0.2) is 18.2 Å². The number of nitro benzene ring substituents is 1. The summed E-state index contributed by atoms with van der Waals surface area (Å²) in [5.74, 6) is -2.45. The molecular weight excluding hydrogens is 358 g/mol. The summed E-state index contributed by atoms with van der Waals surface area (Å²) in [4.78, 5) is 35.0. The van der Waals surface area contributed by atoms with E-state index in [-0.39, 0.29) is 5.56 Å². The molecule has 0 aliphatic heterocycles. The number of aryl methyl sites for hydroxylation is 1. The Bertz CT molecular complexity index is 974. The number of benzene rings is 1. The fourth-order valence-electron chi connectivity index (χ4n) is 2.95. The third kappa shape index (κ3) is 3.14. The van der Waals surface area contributed by atoms with Gasteiger partial charge in [-0.2, -0.15) is 5.26 Å². The van der Waals surface area contributed by atoms with Gasteiger partial charge in [0, 0.05) is 22.6 Å². The molecule has 0 spiro atoms. The highest BCUT2D eigenvalue weighted by atomic mass is 32.1. The Morgan fingerprint density at radius 3 is 2.62 bits per heavy atom. The van der Waals surface area contributed by atoms with Crippen molar-refractivity contribution in [1.29, 1.82) is 5.26 Å². The van der Waals surface area contributed by atoms with Crippen LogP contribution in [0, 0.1) is 21.4 Å². The molecule has 26 heavy (non-hydrogen) atoms. The highest BCUT2D eigenvalue weighted by Crippen LogP contribution is 2.38. The molecule has 1 amide bonds. The molecule has 1 aromatic heterocycles. The van der Waals surface area contributed by atoms with E-state index in [0.29, 0.717) is 10.6 Å². The molecule has 1 aromatic carbocycles. The number of amides is 1. The smallest absolute Gasteiger partial charge is 0.270 e.